The number of aliphatic hydroxyl groups excluding tert-OH is 1. The third-order valence-corrected chi connectivity index (χ3v) is 9.36. The Kier molecular flexibility index (Phi) is 6.64. The van der Waals surface area contributed by atoms with Crippen molar-refractivity contribution in [2.45, 2.75) is 121 Å². The Hall–Kier alpha value is -3.03. The second-order valence-electron chi connectivity index (χ2n) is 12.3. The number of hydrogen-bond donors (Lipinski definition) is 1. The Morgan fingerprint density at radius 3 is 1.95 bits per heavy atom. The molecule has 3 saturated heterocycles. The molecule has 226 valence electrons. The van der Waals surface area contributed by atoms with E-state index in [0.717, 1.165) is 6.92 Å². The van der Waals surface area contributed by atoms with Crippen LogP contribution < -0.4 is 0 Å². The van der Waals surface area contributed by atoms with Crippen LogP contribution in [0.4, 0.5) is 0 Å². The summed E-state index contributed by atoms with van der Waals surface area (Å²) in [6, 6.07) is 0. The highest BCUT2D eigenvalue weighted by Gasteiger charge is 2.90. The van der Waals surface area contributed by atoms with Gasteiger partial charge in [-0.05, 0) is 26.8 Å². The van der Waals surface area contributed by atoms with Crippen LogP contribution in [0.2, 0.25) is 0 Å². The number of aliphatic hydroxyl groups is 1. The number of hydrogen-bond acceptors (Lipinski definition) is 13. The van der Waals surface area contributed by atoms with Crippen LogP contribution in [0, 0.1) is 11.3 Å². The predicted octanol–water partition coefficient (Wildman–Crippen LogP) is 0.671. The summed E-state index contributed by atoms with van der Waals surface area (Å²) in [4.78, 5) is 63.3. The molecule has 0 aromatic carbocycles. The van der Waals surface area contributed by atoms with Gasteiger partial charge in [0.1, 0.15) is 42.2 Å². The van der Waals surface area contributed by atoms with Crippen LogP contribution in [-0.4, -0.2) is 94.5 Å². The van der Waals surface area contributed by atoms with Gasteiger partial charge in [0.25, 0.3) is 0 Å². The minimum Gasteiger partial charge on any atom is -0.459 e. The molecule has 13 nitrogen and oxygen atoms in total. The maximum atomic E-state index is 13.1. The van der Waals surface area contributed by atoms with E-state index in [9.17, 15) is 29.1 Å². The van der Waals surface area contributed by atoms with Crippen LogP contribution in [0.3, 0.4) is 0 Å². The number of fused-ring (bicyclic) bond motifs is 3. The van der Waals surface area contributed by atoms with Crippen LogP contribution in [0.15, 0.2) is 11.6 Å². The highest BCUT2D eigenvalue weighted by atomic mass is 16.7. The van der Waals surface area contributed by atoms with Gasteiger partial charge < -0.3 is 38.3 Å². The molecule has 1 saturated carbocycles. The summed E-state index contributed by atoms with van der Waals surface area (Å²) >= 11 is 0. The number of ether oxygens (including phenoxy) is 7. The lowest BCUT2D eigenvalue weighted by molar-refractivity contribution is -0.241. The van der Waals surface area contributed by atoms with E-state index in [1.165, 1.54) is 27.7 Å². The molecule has 1 spiro atoms. The van der Waals surface area contributed by atoms with Crippen LogP contribution in [0.1, 0.15) is 61.8 Å². The van der Waals surface area contributed by atoms with Gasteiger partial charge in [-0.25, -0.2) is 4.79 Å². The van der Waals surface area contributed by atoms with E-state index in [-0.39, 0.29) is 6.42 Å². The average Bonchev–Trinajstić information content (AvgIpc) is 3.68. The zero-order chi connectivity index (χ0) is 30.4. The number of esters is 5. The molecule has 5 rings (SSSR count). The van der Waals surface area contributed by atoms with E-state index >= 15 is 0 Å². The van der Waals surface area contributed by atoms with Crippen molar-refractivity contribution in [2.75, 3.05) is 0 Å². The quantitative estimate of drug-likeness (QED) is 0.213. The Morgan fingerprint density at radius 2 is 1.41 bits per heavy atom. The van der Waals surface area contributed by atoms with Crippen molar-refractivity contribution in [3.8, 4) is 0 Å². The summed E-state index contributed by atoms with van der Waals surface area (Å²) in [6.07, 6.45) is -6.85. The second-order valence-corrected chi connectivity index (χ2v) is 12.3. The van der Waals surface area contributed by atoms with Crippen molar-refractivity contribution in [3.05, 3.63) is 11.6 Å². The summed E-state index contributed by atoms with van der Waals surface area (Å²) in [5.74, 6) is -4.59. The number of epoxide rings is 2. The van der Waals surface area contributed by atoms with Gasteiger partial charge in [-0.1, -0.05) is 12.5 Å². The van der Waals surface area contributed by atoms with Crippen molar-refractivity contribution < 1.29 is 62.2 Å². The van der Waals surface area contributed by atoms with Crippen molar-refractivity contribution >= 4 is 29.8 Å². The normalized spacial score (nSPS) is 48.8. The largest absolute Gasteiger partial charge is 0.459 e. The van der Waals surface area contributed by atoms with E-state index < -0.39 is 101 Å². The Bertz CT molecular complexity index is 1240. The van der Waals surface area contributed by atoms with Gasteiger partial charge in [-0.3, -0.25) is 19.2 Å². The minimum atomic E-state index is -1.64. The van der Waals surface area contributed by atoms with Gasteiger partial charge in [0.2, 0.25) is 0 Å². The molecule has 12 atom stereocenters. The monoisotopic (exact) mass is 580 g/mol. The van der Waals surface area contributed by atoms with Crippen molar-refractivity contribution in [1.82, 2.24) is 0 Å². The Labute approximate surface area is 236 Å². The lowest BCUT2D eigenvalue weighted by Crippen LogP contribution is -2.71. The van der Waals surface area contributed by atoms with Crippen LogP contribution >= 0.6 is 0 Å². The molecule has 0 aromatic heterocycles. The fraction of sp³-hybridized carbons (Fsp3) is 0.750. The third kappa shape index (κ3) is 4.10. The first-order chi connectivity index (χ1) is 18.9. The van der Waals surface area contributed by atoms with Gasteiger partial charge >= 0.3 is 29.8 Å². The standard InChI is InChI=1S/C28H36O13/c1-11-9-16(35-12(2)29)20(36-13(3)30)25(6)19(26(7)22(40-26)18(33)21(25)37-14(4)31)23(38-15(5)32)28-17(10-11)39-24(34)27(28,8)41-28/h10,16-23,33H,9H2,1-8H3/b11-10-/t16-,17-,18-,19+,20-,21+,22+,23+,25-,26-,27-,28-/m0/s1. The lowest BCUT2D eigenvalue weighted by Gasteiger charge is -2.55. The minimum absolute atomic E-state index is 0.0167. The second kappa shape index (κ2) is 9.23. The number of carbonyl (C=O) groups is 5. The zero-order valence-electron chi connectivity index (χ0n) is 24.2. The van der Waals surface area contributed by atoms with E-state index in [4.69, 9.17) is 33.2 Å². The smallest absolute Gasteiger partial charge is 0.342 e. The third-order valence-electron chi connectivity index (χ3n) is 9.36. The molecule has 3 aliphatic heterocycles. The van der Waals surface area contributed by atoms with Crippen molar-refractivity contribution in [3.63, 3.8) is 0 Å². The molecular formula is C28H36O13. The molecule has 41 heavy (non-hydrogen) atoms. The molecule has 13 heteroatoms. The molecule has 3 heterocycles. The highest BCUT2D eigenvalue weighted by molar-refractivity contribution is 5.89. The van der Waals surface area contributed by atoms with Crippen molar-refractivity contribution in [2.24, 2.45) is 11.3 Å². The van der Waals surface area contributed by atoms with Gasteiger partial charge in [0.15, 0.2) is 17.3 Å². The first kappa shape index (κ1) is 29.5. The lowest BCUT2D eigenvalue weighted by atomic mass is 9.52. The topological polar surface area (TPSA) is 177 Å². The van der Waals surface area contributed by atoms with Gasteiger partial charge in [-0.15, -0.1) is 0 Å². The molecule has 2 aliphatic carbocycles. The first-order valence-corrected chi connectivity index (χ1v) is 13.6. The fourth-order valence-corrected chi connectivity index (χ4v) is 7.80. The van der Waals surface area contributed by atoms with Crippen molar-refractivity contribution in [1.29, 1.82) is 0 Å². The zero-order valence-corrected chi connectivity index (χ0v) is 24.2. The van der Waals surface area contributed by atoms with Gasteiger partial charge in [-0.2, -0.15) is 0 Å². The molecule has 1 N–H and O–H groups in total. The molecule has 5 aliphatic rings. The molecule has 0 unspecified atom stereocenters. The van der Waals surface area contributed by atoms with Crippen LogP contribution in [0.5, 0.6) is 0 Å². The van der Waals surface area contributed by atoms with E-state index in [2.05, 4.69) is 0 Å². The molecule has 0 radical (unpaired) electrons. The van der Waals surface area contributed by atoms with Gasteiger partial charge in [0.05, 0.1) is 5.41 Å². The van der Waals surface area contributed by atoms with E-state index in [1.54, 1.807) is 26.8 Å². The van der Waals surface area contributed by atoms with Crippen LogP contribution in [0.25, 0.3) is 0 Å². The SMILES string of the molecule is CC(=O)O[C@H]1C/C(C)=C\[C@@H]2OC(=O)[C@]3(C)O[C@]23[C@H](OC(C)=O)[C@H]2[C@]3(C)O[C@@H]3[C@@H](O)[C@@H](OC(C)=O)[C@]2(C)[C@H]1OC(C)=O. The summed E-state index contributed by atoms with van der Waals surface area (Å²) in [7, 11) is 0. The summed E-state index contributed by atoms with van der Waals surface area (Å²) in [5, 5.41) is 11.5. The predicted molar refractivity (Wildman–Crippen MR) is 134 cm³/mol. The first-order valence-electron chi connectivity index (χ1n) is 13.6. The Balaban J connectivity index is 1.84. The highest BCUT2D eigenvalue weighted by Crippen LogP contribution is 2.69. The summed E-state index contributed by atoms with van der Waals surface area (Å²) in [5.41, 5.74) is -5.34. The molecule has 0 amide bonds. The summed E-state index contributed by atoms with van der Waals surface area (Å²) in [6.45, 7) is 11.3. The Morgan fingerprint density at radius 1 is 0.878 bits per heavy atom. The molecule has 0 aromatic rings. The fourth-order valence-electron chi connectivity index (χ4n) is 7.80. The maximum absolute atomic E-state index is 13.1. The number of carbonyl (C=O) groups excluding carboxylic acids is 5. The summed E-state index contributed by atoms with van der Waals surface area (Å²) < 4.78 is 41.4. The molecule has 0 bridgehead atoms. The van der Waals surface area contributed by atoms with E-state index in [0.29, 0.717) is 5.57 Å². The van der Waals surface area contributed by atoms with E-state index in [1.807, 2.05) is 0 Å². The molecular weight excluding hydrogens is 544 g/mol. The molecule has 4 fully saturated rings. The average molecular weight is 581 g/mol. The maximum Gasteiger partial charge on any atom is 0.342 e. The van der Waals surface area contributed by atoms with Gasteiger partial charge in [0, 0.05) is 40.0 Å². The van der Waals surface area contributed by atoms with Crippen LogP contribution in [-0.2, 0) is 57.1 Å². The number of rotatable bonds is 4.